The molecule has 1 aromatic rings. The first-order chi connectivity index (χ1) is 8.51. The predicted molar refractivity (Wildman–Crippen MR) is 66.4 cm³/mol. The Balaban J connectivity index is 3.22. The third-order valence-corrected chi connectivity index (χ3v) is 2.38. The highest BCUT2D eigenvalue weighted by molar-refractivity contribution is 5.93. The zero-order valence-electron chi connectivity index (χ0n) is 10.0. The van der Waals surface area contributed by atoms with Crippen molar-refractivity contribution in [3.63, 3.8) is 0 Å². The molecule has 0 aliphatic heterocycles. The van der Waals surface area contributed by atoms with Gasteiger partial charge < -0.3 is 16.2 Å². The summed E-state index contributed by atoms with van der Waals surface area (Å²) in [5.41, 5.74) is 4.05. The number of aromatic amines is 1. The number of nitrogen functional groups attached to an aromatic ring is 1. The molecule has 0 radical (unpaired) electrons. The number of unbranched alkanes of at least 4 members (excludes halogenated alkanes) is 1. The van der Waals surface area contributed by atoms with Crippen LogP contribution in [-0.4, -0.2) is 27.2 Å². The number of rotatable bonds is 5. The van der Waals surface area contributed by atoms with Crippen LogP contribution in [0.25, 0.3) is 0 Å². The van der Waals surface area contributed by atoms with Gasteiger partial charge in [0.2, 0.25) is 5.91 Å². The number of aromatic nitrogens is 2. The lowest BCUT2D eigenvalue weighted by atomic mass is 10.3. The quantitative estimate of drug-likeness (QED) is 0.528. The van der Waals surface area contributed by atoms with E-state index in [1.165, 1.54) is 4.57 Å². The number of nitrogens with one attached hydrogen (secondary N) is 2. The van der Waals surface area contributed by atoms with E-state index in [0.717, 1.165) is 6.42 Å². The lowest BCUT2D eigenvalue weighted by Crippen LogP contribution is -2.35. The van der Waals surface area contributed by atoms with Gasteiger partial charge in [0.25, 0.3) is 5.56 Å². The van der Waals surface area contributed by atoms with E-state index >= 15 is 0 Å². The topological polar surface area (TPSA) is 130 Å². The molecule has 0 unspecified atom stereocenters. The molecule has 1 amide bonds. The smallest absolute Gasteiger partial charge is 0.330 e. The molecule has 18 heavy (non-hydrogen) atoms. The summed E-state index contributed by atoms with van der Waals surface area (Å²) in [6, 6.07) is 0. The number of aliphatic hydroxyl groups is 1. The van der Waals surface area contributed by atoms with Crippen LogP contribution in [0, 0.1) is 0 Å². The molecule has 1 aromatic heterocycles. The van der Waals surface area contributed by atoms with Crippen LogP contribution >= 0.6 is 0 Å². The normalized spacial score (nSPS) is 10.3. The third-order valence-electron chi connectivity index (χ3n) is 2.38. The van der Waals surface area contributed by atoms with Crippen LogP contribution in [0.15, 0.2) is 9.59 Å². The van der Waals surface area contributed by atoms with E-state index in [-0.39, 0.29) is 11.5 Å². The van der Waals surface area contributed by atoms with E-state index in [2.05, 4.69) is 10.3 Å². The van der Waals surface area contributed by atoms with Gasteiger partial charge in [0.05, 0.1) is 0 Å². The van der Waals surface area contributed by atoms with Crippen molar-refractivity contribution < 1.29 is 9.90 Å². The van der Waals surface area contributed by atoms with Crippen LogP contribution < -0.4 is 22.3 Å². The van der Waals surface area contributed by atoms with Gasteiger partial charge in [0, 0.05) is 6.54 Å². The molecule has 0 aromatic carbocycles. The summed E-state index contributed by atoms with van der Waals surface area (Å²) in [5.74, 6) is -0.883. The number of nitrogens with two attached hydrogens (primary N) is 1. The number of hydrogen-bond donors (Lipinski definition) is 4. The van der Waals surface area contributed by atoms with Gasteiger partial charge in [-0.3, -0.25) is 19.1 Å². The van der Waals surface area contributed by atoms with E-state index in [4.69, 9.17) is 10.8 Å². The summed E-state index contributed by atoms with van der Waals surface area (Å²) in [4.78, 5) is 36.1. The molecular weight excluding hydrogens is 240 g/mol. The minimum atomic E-state index is -0.785. The zero-order chi connectivity index (χ0) is 13.7. The van der Waals surface area contributed by atoms with Crippen LogP contribution in [0.1, 0.15) is 19.8 Å². The standard InChI is InChI=1S/C10H16N4O4/c1-2-3-4-14-8(11)7(12-6(16)5-15)9(17)13-10(14)18/h15H,2-5,11H2,1H3,(H,12,16)(H,13,17,18). The Labute approximate surface area is 102 Å². The molecule has 1 heterocycles. The SMILES string of the molecule is CCCCn1c(N)c(NC(=O)CO)c(=O)[nH]c1=O. The number of H-pyrrole nitrogens is 1. The lowest BCUT2D eigenvalue weighted by molar-refractivity contribution is -0.118. The average molecular weight is 256 g/mol. The van der Waals surface area contributed by atoms with Gasteiger partial charge in [-0.25, -0.2) is 4.79 Å². The van der Waals surface area contributed by atoms with E-state index < -0.39 is 23.8 Å². The van der Waals surface area contributed by atoms with Crippen molar-refractivity contribution in [1.82, 2.24) is 9.55 Å². The number of aliphatic hydroxyl groups excluding tert-OH is 1. The van der Waals surface area contributed by atoms with Crippen molar-refractivity contribution in [3.8, 4) is 0 Å². The van der Waals surface area contributed by atoms with E-state index in [0.29, 0.717) is 13.0 Å². The maximum Gasteiger partial charge on any atom is 0.330 e. The number of carbonyl (C=O) groups is 1. The molecule has 0 bridgehead atoms. The first-order valence-electron chi connectivity index (χ1n) is 5.54. The molecule has 0 saturated carbocycles. The molecule has 0 fully saturated rings. The van der Waals surface area contributed by atoms with Gasteiger partial charge >= 0.3 is 5.69 Å². The second-order valence-electron chi connectivity index (χ2n) is 3.73. The molecule has 0 atom stereocenters. The fourth-order valence-corrected chi connectivity index (χ4v) is 1.43. The van der Waals surface area contributed by atoms with Gasteiger partial charge in [-0.2, -0.15) is 0 Å². The van der Waals surface area contributed by atoms with E-state index in [1.807, 2.05) is 6.92 Å². The van der Waals surface area contributed by atoms with Gasteiger partial charge in [0.1, 0.15) is 18.1 Å². The first kappa shape index (κ1) is 14.0. The highest BCUT2D eigenvalue weighted by atomic mass is 16.3. The number of hydrogen-bond acceptors (Lipinski definition) is 5. The third kappa shape index (κ3) is 2.98. The maximum absolute atomic E-state index is 11.5. The van der Waals surface area contributed by atoms with Gasteiger partial charge in [-0.15, -0.1) is 0 Å². The van der Waals surface area contributed by atoms with Gasteiger partial charge in [-0.05, 0) is 6.42 Å². The number of nitrogens with zero attached hydrogens (tertiary/aromatic N) is 1. The summed E-state index contributed by atoms with van der Waals surface area (Å²) in [6.07, 6.45) is 1.56. The Hall–Kier alpha value is -2.09. The largest absolute Gasteiger partial charge is 0.387 e. The summed E-state index contributed by atoms with van der Waals surface area (Å²) in [5, 5.41) is 10.8. The van der Waals surface area contributed by atoms with Crippen LogP contribution in [0.3, 0.4) is 0 Å². The summed E-state index contributed by atoms with van der Waals surface area (Å²) in [6.45, 7) is 1.52. The van der Waals surface area contributed by atoms with Crippen LogP contribution in [0.2, 0.25) is 0 Å². The first-order valence-corrected chi connectivity index (χ1v) is 5.54. The average Bonchev–Trinajstić information content (AvgIpc) is 2.33. The minimum absolute atomic E-state index is 0.112. The molecule has 8 heteroatoms. The molecule has 100 valence electrons. The lowest BCUT2D eigenvalue weighted by Gasteiger charge is -2.12. The highest BCUT2D eigenvalue weighted by Gasteiger charge is 2.13. The Morgan fingerprint density at radius 3 is 2.72 bits per heavy atom. The highest BCUT2D eigenvalue weighted by Crippen LogP contribution is 2.10. The van der Waals surface area contributed by atoms with Crippen molar-refractivity contribution >= 4 is 17.4 Å². The van der Waals surface area contributed by atoms with Crippen molar-refractivity contribution in [2.45, 2.75) is 26.3 Å². The molecule has 0 saturated heterocycles. The van der Waals surface area contributed by atoms with Crippen molar-refractivity contribution in [1.29, 1.82) is 0 Å². The Kier molecular flexibility index (Phi) is 4.67. The summed E-state index contributed by atoms with van der Waals surface area (Å²) in [7, 11) is 0. The molecule has 8 nitrogen and oxygen atoms in total. The number of carbonyl (C=O) groups excluding carboxylic acids is 1. The second kappa shape index (κ2) is 6.01. The minimum Gasteiger partial charge on any atom is -0.387 e. The number of anilines is 2. The molecule has 5 N–H and O–H groups in total. The van der Waals surface area contributed by atoms with Crippen molar-refractivity contribution in [2.24, 2.45) is 0 Å². The monoisotopic (exact) mass is 256 g/mol. The summed E-state index contributed by atoms with van der Waals surface area (Å²) < 4.78 is 1.18. The molecule has 0 spiro atoms. The fraction of sp³-hybridized carbons (Fsp3) is 0.500. The molecule has 0 aliphatic carbocycles. The Morgan fingerprint density at radius 2 is 2.17 bits per heavy atom. The van der Waals surface area contributed by atoms with Crippen molar-refractivity contribution in [2.75, 3.05) is 17.7 Å². The van der Waals surface area contributed by atoms with Crippen molar-refractivity contribution in [3.05, 3.63) is 20.8 Å². The predicted octanol–water partition coefficient (Wildman–Crippen LogP) is -1.15. The molecule has 1 rings (SSSR count). The Bertz CT molecular complexity index is 546. The molecule has 0 aliphatic rings. The van der Waals surface area contributed by atoms with Crippen LogP contribution in [0.4, 0.5) is 11.5 Å². The van der Waals surface area contributed by atoms with Gasteiger partial charge in [-0.1, -0.05) is 13.3 Å². The summed E-state index contributed by atoms with van der Waals surface area (Å²) >= 11 is 0. The second-order valence-corrected chi connectivity index (χ2v) is 3.73. The van der Waals surface area contributed by atoms with Gasteiger partial charge in [0.15, 0.2) is 0 Å². The zero-order valence-corrected chi connectivity index (χ0v) is 10.0. The van der Waals surface area contributed by atoms with Crippen LogP contribution in [-0.2, 0) is 11.3 Å². The Morgan fingerprint density at radius 1 is 1.50 bits per heavy atom. The van der Waals surface area contributed by atoms with E-state index in [9.17, 15) is 14.4 Å². The number of amides is 1. The maximum atomic E-state index is 11.5. The fourth-order valence-electron chi connectivity index (χ4n) is 1.43. The van der Waals surface area contributed by atoms with Crippen LogP contribution in [0.5, 0.6) is 0 Å². The van der Waals surface area contributed by atoms with E-state index in [1.54, 1.807) is 0 Å². The molecular formula is C10H16N4O4.